The van der Waals surface area contributed by atoms with Gasteiger partial charge in [0.2, 0.25) is 0 Å². The maximum absolute atomic E-state index is 13.0. The van der Waals surface area contributed by atoms with E-state index in [1.165, 1.54) is 50.3 Å². The summed E-state index contributed by atoms with van der Waals surface area (Å²) in [6.45, 7) is 6.03. The first-order chi connectivity index (χ1) is 23.8. The van der Waals surface area contributed by atoms with Crippen molar-refractivity contribution in [1.29, 1.82) is 0 Å². The second-order valence-corrected chi connectivity index (χ2v) is 11.0. The van der Waals surface area contributed by atoms with Gasteiger partial charge in [-0.2, -0.15) is 13.2 Å². The van der Waals surface area contributed by atoms with Crippen molar-refractivity contribution >= 4 is 23.3 Å². The first-order valence-corrected chi connectivity index (χ1v) is 17.1. The van der Waals surface area contributed by atoms with Crippen LogP contribution in [0, 0.1) is 0 Å². The molecule has 0 radical (unpaired) electrons. The van der Waals surface area contributed by atoms with E-state index in [1.807, 2.05) is 0 Å². The summed E-state index contributed by atoms with van der Waals surface area (Å²) in [4.78, 5) is 24.3. The van der Waals surface area contributed by atoms with Gasteiger partial charge in [-0.15, -0.1) is 0 Å². The standard InChI is InChI=1S/C36H52F3NO9/c1-2-3-4-5-6-7-8-16-34(41)48-27-25-46-23-21-44-19-17-43-18-20-45-22-24-47-26-28-49-35(42)32-14-9-10-15-33(32)40-31-13-11-12-30(29-31)36(37,38)39/h9-15,29,40H,2-8,16-28H2,1H3. The quantitative estimate of drug-likeness (QED) is 0.0683. The minimum atomic E-state index is -4.48. The molecule has 0 bridgehead atoms. The number of esters is 2. The van der Waals surface area contributed by atoms with Crippen molar-refractivity contribution in [1.82, 2.24) is 0 Å². The number of rotatable bonds is 29. The molecule has 0 fully saturated rings. The predicted octanol–water partition coefficient (Wildman–Crippen LogP) is 7.37. The molecule has 2 aromatic carbocycles. The number of anilines is 2. The Morgan fingerprint density at radius 3 is 1.69 bits per heavy atom. The zero-order valence-corrected chi connectivity index (χ0v) is 28.6. The molecule has 2 rings (SSSR count). The van der Waals surface area contributed by atoms with Gasteiger partial charge >= 0.3 is 18.1 Å². The molecular formula is C36H52F3NO9. The van der Waals surface area contributed by atoms with Crippen LogP contribution in [0.5, 0.6) is 0 Å². The number of alkyl halides is 3. The van der Waals surface area contributed by atoms with E-state index < -0.39 is 17.7 Å². The van der Waals surface area contributed by atoms with Gasteiger partial charge in [0.25, 0.3) is 0 Å². The van der Waals surface area contributed by atoms with Gasteiger partial charge < -0.3 is 38.5 Å². The van der Waals surface area contributed by atoms with E-state index in [2.05, 4.69) is 12.2 Å². The van der Waals surface area contributed by atoms with Gasteiger partial charge in [0.15, 0.2) is 0 Å². The van der Waals surface area contributed by atoms with Crippen molar-refractivity contribution in [3.05, 3.63) is 59.7 Å². The Labute approximate surface area is 287 Å². The molecule has 0 amide bonds. The monoisotopic (exact) mass is 699 g/mol. The van der Waals surface area contributed by atoms with Crippen LogP contribution in [0.25, 0.3) is 0 Å². The van der Waals surface area contributed by atoms with Crippen LogP contribution < -0.4 is 5.32 Å². The topological polar surface area (TPSA) is 111 Å². The number of hydrogen-bond acceptors (Lipinski definition) is 10. The Morgan fingerprint density at radius 2 is 1.12 bits per heavy atom. The Balaban J connectivity index is 1.37. The molecule has 0 aliphatic rings. The lowest BCUT2D eigenvalue weighted by molar-refractivity contribution is -0.145. The Hall–Kier alpha value is -3.23. The minimum absolute atomic E-state index is 0.00229. The third kappa shape index (κ3) is 20.8. The fourth-order valence-corrected chi connectivity index (χ4v) is 4.46. The molecular weight excluding hydrogens is 647 g/mol. The number of benzene rings is 2. The summed E-state index contributed by atoms with van der Waals surface area (Å²) in [5, 5.41) is 2.86. The van der Waals surface area contributed by atoms with Crippen molar-refractivity contribution in [2.24, 2.45) is 0 Å². The Bertz CT molecular complexity index is 1170. The third-order valence-electron chi connectivity index (χ3n) is 7.04. The van der Waals surface area contributed by atoms with Gasteiger partial charge in [0, 0.05) is 12.1 Å². The van der Waals surface area contributed by atoms with Gasteiger partial charge in [-0.1, -0.05) is 63.6 Å². The number of carbonyl (C=O) groups is 2. The highest BCUT2D eigenvalue weighted by molar-refractivity contribution is 5.96. The number of nitrogens with one attached hydrogen (secondary N) is 1. The fraction of sp³-hybridized carbons (Fsp3) is 0.611. The summed E-state index contributed by atoms with van der Waals surface area (Å²) in [7, 11) is 0. The number of unbranched alkanes of at least 4 members (excludes halogenated alkanes) is 6. The van der Waals surface area contributed by atoms with E-state index in [4.69, 9.17) is 33.2 Å². The summed E-state index contributed by atoms with van der Waals surface area (Å²) in [5.74, 6) is -0.799. The number of ether oxygens (including phenoxy) is 7. The van der Waals surface area contributed by atoms with Crippen molar-refractivity contribution < 1.29 is 55.9 Å². The van der Waals surface area contributed by atoms with Gasteiger partial charge in [0.05, 0.1) is 82.9 Å². The maximum Gasteiger partial charge on any atom is 0.416 e. The highest BCUT2D eigenvalue weighted by Crippen LogP contribution is 2.32. The summed E-state index contributed by atoms with van der Waals surface area (Å²) in [5.41, 5.74) is -0.0911. The lowest BCUT2D eigenvalue weighted by atomic mass is 10.1. The number of para-hydroxylation sites is 1. The SMILES string of the molecule is CCCCCCCCCC(=O)OCCOCCOCCOCCOCCOCCOC(=O)c1ccccc1Nc1cccc(C(F)(F)F)c1. The van der Waals surface area contributed by atoms with Crippen LogP contribution in [0.4, 0.5) is 24.5 Å². The highest BCUT2D eigenvalue weighted by atomic mass is 19.4. The van der Waals surface area contributed by atoms with Crippen LogP contribution in [0.2, 0.25) is 0 Å². The first kappa shape index (κ1) is 41.9. The number of hydrogen-bond donors (Lipinski definition) is 1. The molecule has 13 heteroatoms. The van der Waals surface area contributed by atoms with E-state index >= 15 is 0 Å². The highest BCUT2D eigenvalue weighted by Gasteiger charge is 2.30. The van der Waals surface area contributed by atoms with Crippen LogP contribution in [0.1, 0.15) is 74.2 Å². The Morgan fingerprint density at radius 1 is 0.612 bits per heavy atom. The molecule has 276 valence electrons. The molecule has 0 spiro atoms. The lowest BCUT2D eigenvalue weighted by Gasteiger charge is -2.13. The number of halogens is 3. The third-order valence-corrected chi connectivity index (χ3v) is 7.04. The van der Waals surface area contributed by atoms with Gasteiger partial charge in [-0.3, -0.25) is 4.79 Å². The van der Waals surface area contributed by atoms with Crippen molar-refractivity contribution in [3.8, 4) is 0 Å². The van der Waals surface area contributed by atoms with Crippen molar-refractivity contribution in [2.45, 2.75) is 64.5 Å². The van der Waals surface area contributed by atoms with Crippen LogP contribution in [0.3, 0.4) is 0 Å². The van der Waals surface area contributed by atoms with Crippen LogP contribution in [-0.2, 0) is 44.1 Å². The van der Waals surface area contributed by atoms with E-state index in [-0.39, 0.29) is 37.0 Å². The van der Waals surface area contributed by atoms with Crippen LogP contribution in [0.15, 0.2) is 48.5 Å². The van der Waals surface area contributed by atoms with Crippen molar-refractivity contribution in [3.63, 3.8) is 0 Å². The molecule has 0 heterocycles. The largest absolute Gasteiger partial charge is 0.463 e. The molecule has 10 nitrogen and oxygen atoms in total. The smallest absolute Gasteiger partial charge is 0.416 e. The van der Waals surface area contributed by atoms with Gasteiger partial charge in [-0.25, -0.2) is 4.79 Å². The Kier molecular flexibility index (Phi) is 22.8. The average molecular weight is 700 g/mol. The predicted molar refractivity (Wildman–Crippen MR) is 179 cm³/mol. The minimum Gasteiger partial charge on any atom is -0.463 e. The van der Waals surface area contributed by atoms with Crippen LogP contribution >= 0.6 is 0 Å². The van der Waals surface area contributed by atoms with E-state index in [0.29, 0.717) is 71.6 Å². The summed E-state index contributed by atoms with van der Waals surface area (Å²) < 4.78 is 76.7. The number of carbonyl (C=O) groups excluding carboxylic acids is 2. The molecule has 0 unspecified atom stereocenters. The molecule has 1 N–H and O–H groups in total. The van der Waals surface area contributed by atoms with Crippen LogP contribution in [-0.4, -0.2) is 91.2 Å². The first-order valence-electron chi connectivity index (χ1n) is 17.1. The normalized spacial score (nSPS) is 11.4. The van der Waals surface area contributed by atoms with E-state index in [9.17, 15) is 22.8 Å². The second-order valence-electron chi connectivity index (χ2n) is 11.0. The molecule has 0 saturated heterocycles. The molecule has 0 aliphatic carbocycles. The second kappa shape index (κ2) is 26.6. The van der Waals surface area contributed by atoms with Gasteiger partial charge in [0.1, 0.15) is 13.2 Å². The molecule has 0 saturated carbocycles. The zero-order chi connectivity index (χ0) is 35.4. The molecule has 0 aliphatic heterocycles. The summed E-state index contributed by atoms with van der Waals surface area (Å²) >= 11 is 0. The van der Waals surface area contributed by atoms with Crippen molar-refractivity contribution in [2.75, 3.05) is 84.6 Å². The van der Waals surface area contributed by atoms with E-state index in [0.717, 1.165) is 25.0 Å². The van der Waals surface area contributed by atoms with E-state index in [1.54, 1.807) is 18.2 Å². The average Bonchev–Trinajstić information content (AvgIpc) is 3.08. The lowest BCUT2D eigenvalue weighted by Crippen LogP contribution is -2.16. The molecule has 2 aromatic rings. The molecule has 49 heavy (non-hydrogen) atoms. The molecule has 0 atom stereocenters. The summed E-state index contributed by atoms with van der Waals surface area (Å²) in [6.07, 6.45) is 4.14. The molecule has 0 aromatic heterocycles. The fourth-order valence-electron chi connectivity index (χ4n) is 4.46. The van der Waals surface area contributed by atoms with Gasteiger partial charge in [-0.05, 0) is 36.8 Å². The maximum atomic E-state index is 13.0. The summed E-state index contributed by atoms with van der Waals surface area (Å²) in [6, 6.07) is 11.1. The zero-order valence-electron chi connectivity index (χ0n) is 28.6.